The van der Waals surface area contributed by atoms with E-state index in [0.29, 0.717) is 4.47 Å². The van der Waals surface area contributed by atoms with Crippen molar-refractivity contribution in [3.05, 3.63) is 28.5 Å². The van der Waals surface area contributed by atoms with E-state index in [2.05, 4.69) is 15.9 Å². The lowest BCUT2D eigenvalue weighted by Gasteiger charge is -2.23. The zero-order valence-electron chi connectivity index (χ0n) is 9.93. The standard InChI is InChI=1S/C10H14BrFN2O2S.ClH/c1-7(6-13)14(2)17(15,16)10-5-8(12)3-4-9(10)11;/h3-5,7H,6,13H2,1-2H3;1H. The van der Waals surface area contributed by atoms with E-state index in [9.17, 15) is 12.8 Å². The van der Waals surface area contributed by atoms with Gasteiger partial charge in [-0.05, 0) is 41.1 Å². The monoisotopic (exact) mass is 360 g/mol. The maximum Gasteiger partial charge on any atom is 0.244 e. The van der Waals surface area contributed by atoms with Gasteiger partial charge >= 0.3 is 0 Å². The molecule has 0 amide bonds. The Labute approximate surface area is 121 Å². The van der Waals surface area contributed by atoms with E-state index in [0.717, 1.165) is 10.4 Å². The summed E-state index contributed by atoms with van der Waals surface area (Å²) in [6, 6.07) is 3.19. The molecule has 0 aliphatic rings. The van der Waals surface area contributed by atoms with Crippen LogP contribution in [0.3, 0.4) is 0 Å². The second-order valence-corrected chi connectivity index (χ2v) is 6.50. The number of hydrogen-bond donors (Lipinski definition) is 1. The van der Waals surface area contributed by atoms with Crippen molar-refractivity contribution in [1.29, 1.82) is 0 Å². The number of nitrogens with two attached hydrogens (primary N) is 1. The summed E-state index contributed by atoms with van der Waals surface area (Å²) in [7, 11) is -2.32. The fraction of sp³-hybridized carbons (Fsp3) is 0.400. The molecule has 0 fully saturated rings. The molecular weight excluding hydrogens is 347 g/mol. The summed E-state index contributed by atoms with van der Waals surface area (Å²) in [4.78, 5) is -0.0969. The summed E-state index contributed by atoms with van der Waals surface area (Å²) >= 11 is 3.10. The van der Waals surface area contributed by atoms with Gasteiger partial charge in [0.1, 0.15) is 5.82 Å². The highest BCUT2D eigenvalue weighted by Gasteiger charge is 2.26. The molecule has 104 valence electrons. The van der Waals surface area contributed by atoms with Crippen LogP contribution in [0.2, 0.25) is 0 Å². The molecule has 1 aromatic carbocycles. The van der Waals surface area contributed by atoms with Crippen molar-refractivity contribution in [3.8, 4) is 0 Å². The van der Waals surface area contributed by atoms with Crippen LogP contribution in [0.25, 0.3) is 0 Å². The summed E-state index contributed by atoms with van der Waals surface area (Å²) in [5.41, 5.74) is 5.42. The molecular formula is C10H15BrClFN2O2S. The zero-order chi connectivity index (χ0) is 13.2. The van der Waals surface area contributed by atoms with Crippen LogP contribution in [-0.2, 0) is 10.0 Å². The highest BCUT2D eigenvalue weighted by molar-refractivity contribution is 9.10. The first kappa shape index (κ1) is 17.8. The Morgan fingerprint density at radius 2 is 2.06 bits per heavy atom. The summed E-state index contributed by atoms with van der Waals surface area (Å²) in [6.07, 6.45) is 0. The number of sulfonamides is 1. The van der Waals surface area contributed by atoms with Gasteiger partial charge < -0.3 is 5.73 Å². The van der Waals surface area contributed by atoms with E-state index in [1.165, 1.54) is 19.2 Å². The molecule has 2 N–H and O–H groups in total. The topological polar surface area (TPSA) is 63.4 Å². The molecule has 8 heteroatoms. The minimum Gasteiger partial charge on any atom is -0.329 e. The Balaban J connectivity index is 0.00000289. The minimum absolute atomic E-state index is 0. The van der Waals surface area contributed by atoms with Crippen LogP contribution in [0, 0.1) is 5.82 Å². The van der Waals surface area contributed by atoms with Gasteiger partial charge in [-0.15, -0.1) is 12.4 Å². The molecule has 1 aromatic rings. The Morgan fingerprint density at radius 1 is 1.50 bits per heavy atom. The Morgan fingerprint density at radius 3 is 2.56 bits per heavy atom. The van der Waals surface area contributed by atoms with Gasteiger partial charge in [0.05, 0.1) is 4.90 Å². The van der Waals surface area contributed by atoms with Crippen LogP contribution < -0.4 is 5.73 Å². The zero-order valence-corrected chi connectivity index (χ0v) is 13.1. The maximum atomic E-state index is 13.1. The quantitative estimate of drug-likeness (QED) is 0.892. The second-order valence-electron chi connectivity index (χ2n) is 3.68. The lowest BCUT2D eigenvalue weighted by molar-refractivity contribution is 0.394. The summed E-state index contributed by atoms with van der Waals surface area (Å²) in [5.74, 6) is -0.597. The maximum absolute atomic E-state index is 13.1. The number of nitrogens with zero attached hydrogens (tertiary/aromatic N) is 1. The molecule has 0 spiro atoms. The fourth-order valence-corrected chi connectivity index (χ4v) is 3.52. The molecule has 0 saturated carbocycles. The van der Waals surface area contributed by atoms with Crippen molar-refractivity contribution in [1.82, 2.24) is 4.31 Å². The molecule has 0 aliphatic carbocycles. The molecule has 18 heavy (non-hydrogen) atoms. The van der Waals surface area contributed by atoms with Crippen LogP contribution in [0.15, 0.2) is 27.6 Å². The van der Waals surface area contributed by atoms with Gasteiger partial charge in [0.2, 0.25) is 10.0 Å². The lowest BCUT2D eigenvalue weighted by Crippen LogP contribution is -2.39. The molecule has 0 aromatic heterocycles. The van der Waals surface area contributed by atoms with Gasteiger partial charge in [-0.2, -0.15) is 4.31 Å². The predicted molar refractivity (Wildman–Crippen MR) is 74.8 cm³/mol. The van der Waals surface area contributed by atoms with Gasteiger partial charge in [0.25, 0.3) is 0 Å². The van der Waals surface area contributed by atoms with Crippen molar-refractivity contribution in [2.75, 3.05) is 13.6 Å². The first-order chi connectivity index (χ1) is 7.80. The molecule has 1 unspecified atom stereocenters. The van der Waals surface area contributed by atoms with E-state index in [1.54, 1.807) is 6.92 Å². The lowest BCUT2D eigenvalue weighted by atomic mass is 10.3. The molecule has 0 radical (unpaired) electrons. The van der Waals surface area contributed by atoms with Crippen molar-refractivity contribution in [2.24, 2.45) is 5.73 Å². The van der Waals surface area contributed by atoms with Crippen LogP contribution in [-0.4, -0.2) is 32.4 Å². The van der Waals surface area contributed by atoms with Crippen molar-refractivity contribution >= 4 is 38.4 Å². The molecule has 1 rings (SSSR count). The number of rotatable bonds is 4. The van der Waals surface area contributed by atoms with E-state index in [-0.39, 0.29) is 29.9 Å². The normalized spacial score (nSPS) is 13.2. The Kier molecular flexibility index (Phi) is 6.73. The predicted octanol–water partition coefficient (Wildman–Crippen LogP) is 1.98. The van der Waals surface area contributed by atoms with Gasteiger partial charge in [0.15, 0.2) is 0 Å². The third-order valence-electron chi connectivity index (χ3n) is 2.51. The van der Waals surface area contributed by atoms with E-state index in [1.807, 2.05) is 0 Å². The molecule has 0 aliphatic heterocycles. The van der Waals surface area contributed by atoms with Gasteiger partial charge in [-0.3, -0.25) is 0 Å². The van der Waals surface area contributed by atoms with Gasteiger partial charge in [-0.1, -0.05) is 0 Å². The number of likely N-dealkylation sites (N-methyl/N-ethyl adjacent to an activating group) is 1. The first-order valence-electron chi connectivity index (χ1n) is 4.94. The molecule has 4 nitrogen and oxygen atoms in total. The Bertz CT molecular complexity index is 513. The van der Waals surface area contributed by atoms with E-state index >= 15 is 0 Å². The smallest absolute Gasteiger partial charge is 0.244 e. The highest BCUT2D eigenvalue weighted by atomic mass is 79.9. The fourth-order valence-electron chi connectivity index (χ4n) is 1.22. The molecule has 0 bridgehead atoms. The van der Waals surface area contributed by atoms with E-state index < -0.39 is 15.8 Å². The van der Waals surface area contributed by atoms with Crippen molar-refractivity contribution < 1.29 is 12.8 Å². The average molecular weight is 362 g/mol. The summed E-state index contributed by atoms with van der Waals surface area (Å²) in [6.45, 7) is 1.88. The molecule has 1 atom stereocenters. The third-order valence-corrected chi connectivity index (χ3v) is 5.48. The minimum atomic E-state index is -3.74. The summed E-state index contributed by atoms with van der Waals surface area (Å²) in [5, 5.41) is 0. The molecule has 0 saturated heterocycles. The average Bonchev–Trinajstić information content (AvgIpc) is 2.30. The van der Waals surface area contributed by atoms with Crippen molar-refractivity contribution in [2.45, 2.75) is 17.9 Å². The van der Waals surface area contributed by atoms with Crippen molar-refractivity contribution in [3.63, 3.8) is 0 Å². The number of benzene rings is 1. The van der Waals surface area contributed by atoms with Crippen LogP contribution in [0.4, 0.5) is 4.39 Å². The van der Waals surface area contributed by atoms with Gasteiger partial charge in [0, 0.05) is 24.1 Å². The SMILES string of the molecule is CC(CN)N(C)S(=O)(=O)c1cc(F)ccc1Br.Cl. The summed E-state index contributed by atoms with van der Waals surface area (Å²) < 4.78 is 38.9. The van der Waals surface area contributed by atoms with E-state index in [4.69, 9.17) is 5.73 Å². The van der Waals surface area contributed by atoms with Gasteiger partial charge in [-0.25, -0.2) is 12.8 Å². The number of hydrogen-bond acceptors (Lipinski definition) is 3. The second kappa shape index (κ2) is 6.81. The Hall–Kier alpha value is -0.210. The third kappa shape index (κ3) is 3.64. The largest absolute Gasteiger partial charge is 0.329 e. The van der Waals surface area contributed by atoms with Crippen LogP contribution >= 0.6 is 28.3 Å². The first-order valence-corrected chi connectivity index (χ1v) is 7.17. The highest BCUT2D eigenvalue weighted by Crippen LogP contribution is 2.26. The number of halogens is 3. The van der Waals surface area contributed by atoms with Crippen LogP contribution in [0.5, 0.6) is 0 Å². The van der Waals surface area contributed by atoms with Crippen LogP contribution in [0.1, 0.15) is 6.92 Å². The molecule has 0 heterocycles.